The third-order valence-corrected chi connectivity index (χ3v) is 3.40. The maximum Gasteiger partial charge on any atom is 0.223 e. The largest absolute Gasteiger partial charge is 0.394 e. The number of aliphatic hydroxyl groups is 1. The first kappa shape index (κ1) is 12.5. The number of nitrogens with two attached hydrogens (primary N) is 1. The number of hydrogen-bond acceptors (Lipinski definition) is 3. The summed E-state index contributed by atoms with van der Waals surface area (Å²) in [5.41, 5.74) is 5.28. The van der Waals surface area contributed by atoms with Gasteiger partial charge in [0.15, 0.2) is 0 Å². The molecule has 15 heavy (non-hydrogen) atoms. The fourth-order valence-electron chi connectivity index (χ4n) is 1.89. The van der Waals surface area contributed by atoms with E-state index in [0.29, 0.717) is 0 Å². The van der Waals surface area contributed by atoms with Crippen LogP contribution in [0.5, 0.6) is 0 Å². The minimum Gasteiger partial charge on any atom is -0.394 e. The van der Waals surface area contributed by atoms with E-state index in [0.717, 1.165) is 25.7 Å². The Bertz CT molecular complexity index is 227. The Labute approximate surface area is 91.2 Å². The molecule has 4 heteroatoms. The summed E-state index contributed by atoms with van der Waals surface area (Å²) in [5, 5.41) is 12.1. The molecule has 0 bridgehead atoms. The Morgan fingerprint density at radius 3 is 2.67 bits per heavy atom. The van der Waals surface area contributed by atoms with Gasteiger partial charge in [0.1, 0.15) is 0 Å². The third kappa shape index (κ3) is 3.18. The second kappa shape index (κ2) is 4.94. The Hall–Kier alpha value is -0.610. The van der Waals surface area contributed by atoms with Crippen LogP contribution in [0.1, 0.15) is 39.5 Å². The van der Waals surface area contributed by atoms with Crippen LogP contribution in [-0.4, -0.2) is 29.2 Å². The lowest BCUT2D eigenvalue weighted by Crippen LogP contribution is -2.50. The van der Waals surface area contributed by atoms with Crippen molar-refractivity contribution in [1.82, 2.24) is 5.32 Å². The van der Waals surface area contributed by atoms with Crippen molar-refractivity contribution in [3.63, 3.8) is 0 Å². The molecule has 4 nitrogen and oxygen atoms in total. The van der Waals surface area contributed by atoms with Gasteiger partial charge in [0.25, 0.3) is 0 Å². The molecule has 1 amide bonds. The monoisotopic (exact) mass is 214 g/mol. The predicted octanol–water partition coefficient (Wildman–Crippen LogP) is 0.391. The highest BCUT2D eigenvalue weighted by atomic mass is 16.3. The topological polar surface area (TPSA) is 75.3 Å². The van der Waals surface area contributed by atoms with Crippen LogP contribution in [0.2, 0.25) is 0 Å². The van der Waals surface area contributed by atoms with Crippen LogP contribution in [0.4, 0.5) is 0 Å². The van der Waals surface area contributed by atoms with Crippen LogP contribution in [0.25, 0.3) is 0 Å². The lowest BCUT2D eigenvalue weighted by molar-refractivity contribution is -0.127. The zero-order valence-corrected chi connectivity index (χ0v) is 9.62. The Morgan fingerprint density at radius 1 is 1.60 bits per heavy atom. The van der Waals surface area contributed by atoms with Crippen molar-refractivity contribution < 1.29 is 9.90 Å². The van der Waals surface area contributed by atoms with E-state index < -0.39 is 5.54 Å². The van der Waals surface area contributed by atoms with E-state index in [1.54, 1.807) is 0 Å². The number of aliphatic hydroxyl groups excluding tert-OH is 1. The van der Waals surface area contributed by atoms with E-state index in [4.69, 9.17) is 5.73 Å². The van der Waals surface area contributed by atoms with E-state index in [2.05, 4.69) is 5.32 Å². The van der Waals surface area contributed by atoms with E-state index in [1.165, 1.54) is 0 Å². The van der Waals surface area contributed by atoms with Crippen molar-refractivity contribution in [2.75, 3.05) is 6.61 Å². The molecule has 0 heterocycles. The molecule has 1 fully saturated rings. The van der Waals surface area contributed by atoms with Crippen molar-refractivity contribution in [2.24, 2.45) is 11.7 Å². The molecule has 0 spiro atoms. The first-order chi connectivity index (χ1) is 7.00. The van der Waals surface area contributed by atoms with Gasteiger partial charge < -0.3 is 16.2 Å². The van der Waals surface area contributed by atoms with Gasteiger partial charge in [0.05, 0.1) is 12.1 Å². The standard InChI is InChI=1S/C11H22N2O2/c1-3-11(2,7-14)13-10(15)8-4-5-9(12)6-8/h8-9,14H,3-7,12H2,1-2H3,(H,13,15). The highest BCUT2D eigenvalue weighted by Crippen LogP contribution is 2.25. The smallest absolute Gasteiger partial charge is 0.223 e. The van der Waals surface area contributed by atoms with Gasteiger partial charge in [-0.3, -0.25) is 4.79 Å². The average Bonchev–Trinajstić information content (AvgIpc) is 2.65. The quantitative estimate of drug-likeness (QED) is 0.633. The predicted molar refractivity (Wildman–Crippen MR) is 59.2 cm³/mol. The van der Waals surface area contributed by atoms with Crippen LogP contribution < -0.4 is 11.1 Å². The second-order valence-corrected chi connectivity index (χ2v) is 4.83. The summed E-state index contributed by atoms with van der Waals surface area (Å²) in [7, 11) is 0. The third-order valence-electron chi connectivity index (χ3n) is 3.40. The van der Waals surface area contributed by atoms with Gasteiger partial charge in [-0.05, 0) is 32.6 Å². The SMILES string of the molecule is CCC(C)(CO)NC(=O)C1CCC(N)C1. The maximum absolute atomic E-state index is 11.8. The highest BCUT2D eigenvalue weighted by Gasteiger charge is 2.31. The van der Waals surface area contributed by atoms with Crippen LogP contribution >= 0.6 is 0 Å². The van der Waals surface area contributed by atoms with Crippen molar-refractivity contribution in [3.05, 3.63) is 0 Å². The van der Waals surface area contributed by atoms with Crippen molar-refractivity contribution in [1.29, 1.82) is 0 Å². The van der Waals surface area contributed by atoms with E-state index in [1.807, 2.05) is 13.8 Å². The summed E-state index contributed by atoms with van der Waals surface area (Å²) in [4.78, 5) is 11.8. The van der Waals surface area contributed by atoms with Gasteiger partial charge in [-0.15, -0.1) is 0 Å². The molecule has 0 aromatic heterocycles. The van der Waals surface area contributed by atoms with Gasteiger partial charge in [0.2, 0.25) is 5.91 Å². The van der Waals surface area contributed by atoms with Crippen molar-refractivity contribution >= 4 is 5.91 Å². The number of rotatable bonds is 4. The number of hydrogen-bond donors (Lipinski definition) is 3. The summed E-state index contributed by atoms with van der Waals surface area (Å²) in [6.07, 6.45) is 3.31. The summed E-state index contributed by atoms with van der Waals surface area (Å²) in [5.74, 6) is 0.0822. The maximum atomic E-state index is 11.8. The van der Waals surface area contributed by atoms with Crippen LogP contribution in [0.3, 0.4) is 0 Å². The van der Waals surface area contributed by atoms with Crippen LogP contribution in [0, 0.1) is 5.92 Å². The zero-order valence-electron chi connectivity index (χ0n) is 9.62. The van der Waals surface area contributed by atoms with Gasteiger partial charge in [-0.25, -0.2) is 0 Å². The normalized spacial score (nSPS) is 29.9. The minimum absolute atomic E-state index is 0.0198. The Morgan fingerprint density at radius 2 is 2.27 bits per heavy atom. The zero-order chi connectivity index (χ0) is 11.5. The molecule has 4 N–H and O–H groups in total. The van der Waals surface area contributed by atoms with E-state index in [-0.39, 0.29) is 24.5 Å². The fraction of sp³-hybridized carbons (Fsp3) is 0.909. The van der Waals surface area contributed by atoms with Crippen molar-refractivity contribution in [3.8, 4) is 0 Å². The van der Waals surface area contributed by atoms with Crippen LogP contribution in [-0.2, 0) is 4.79 Å². The number of amides is 1. The molecule has 1 rings (SSSR count). The summed E-state index contributed by atoms with van der Waals surface area (Å²) in [6, 6.07) is 0.169. The first-order valence-electron chi connectivity index (χ1n) is 5.69. The molecule has 0 saturated heterocycles. The number of carbonyl (C=O) groups excluding carboxylic acids is 1. The molecule has 0 radical (unpaired) electrons. The fourth-order valence-corrected chi connectivity index (χ4v) is 1.89. The van der Waals surface area contributed by atoms with Gasteiger partial charge in [-0.1, -0.05) is 6.92 Å². The van der Waals surface area contributed by atoms with Crippen molar-refractivity contribution in [2.45, 2.75) is 51.1 Å². The summed E-state index contributed by atoms with van der Waals surface area (Å²) in [6.45, 7) is 3.80. The molecule has 0 aliphatic heterocycles. The van der Waals surface area contributed by atoms with Gasteiger partial charge in [-0.2, -0.15) is 0 Å². The molecule has 0 aromatic carbocycles. The van der Waals surface area contributed by atoms with E-state index in [9.17, 15) is 9.90 Å². The number of carbonyl (C=O) groups is 1. The average molecular weight is 214 g/mol. The lowest BCUT2D eigenvalue weighted by Gasteiger charge is -2.28. The highest BCUT2D eigenvalue weighted by molar-refractivity contribution is 5.79. The molecule has 88 valence electrons. The molecule has 1 aliphatic rings. The Balaban J connectivity index is 2.48. The number of nitrogens with one attached hydrogen (secondary N) is 1. The second-order valence-electron chi connectivity index (χ2n) is 4.83. The van der Waals surface area contributed by atoms with Gasteiger partial charge in [0, 0.05) is 12.0 Å². The lowest BCUT2D eigenvalue weighted by atomic mass is 9.98. The van der Waals surface area contributed by atoms with Gasteiger partial charge >= 0.3 is 0 Å². The molecule has 1 aliphatic carbocycles. The first-order valence-corrected chi connectivity index (χ1v) is 5.69. The molecular formula is C11H22N2O2. The summed E-state index contributed by atoms with van der Waals surface area (Å²) < 4.78 is 0. The molecule has 3 unspecified atom stereocenters. The van der Waals surface area contributed by atoms with Crippen LogP contribution in [0.15, 0.2) is 0 Å². The van der Waals surface area contributed by atoms with E-state index >= 15 is 0 Å². The molecule has 1 saturated carbocycles. The minimum atomic E-state index is -0.482. The molecule has 0 aromatic rings. The Kier molecular flexibility index (Phi) is 4.11. The molecule has 3 atom stereocenters. The summed E-state index contributed by atoms with van der Waals surface area (Å²) >= 11 is 0. The molecular weight excluding hydrogens is 192 g/mol.